The van der Waals surface area contributed by atoms with Gasteiger partial charge in [0.15, 0.2) is 0 Å². The van der Waals surface area contributed by atoms with Crippen LogP contribution in [0.1, 0.15) is 68.3 Å². The molecule has 3 aliphatic heterocycles. The van der Waals surface area contributed by atoms with Gasteiger partial charge in [-0.2, -0.15) is 4.98 Å². The Labute approximate surface area is 210 Å². The summed E-state index contributed by atoms with van der Waals surface area (Å²) in [5.41, 5.74) is 1.16. The fourth-order valence-electron chi connectivity index (χ4n) is 6.65. The van der Waals surface area contributed by atoms with Crippen LogP contribution in [0.25, 0.3) is 11.0 Å². The van der Waals surface area contributed by atoms with Crippen molar-refractivity contribution in [3.8, 4) is 0 Å². The largest absolute Gasteiger partial charge is 0.348 e. The zero-order chi connectivity index (χ0) is 24.7. The van der Waals surface area contributed by atoms with Crippen LogP contribution in [0.4, 0.5) is 5.95 Å². The van der Waals surface area contributed by atoms with E-state index in [0.29, 0.717) is 31.0 Å². The van der Waals surface area contributed by atoms with Gasteiger partial charge in [-0.25, -0.2) is 4.98 Å². The van der Waals surface area contributed by atoms with Crippen LogP contribution in [0.5, 0.6) is 0 Å². The smallest absolute Gasteiger partial charge is 0.268 e. The number of hydrogen-bond donors (Lipinski definition) is 3. The van der Waals surface area contributed by atoms with Crippen LogP contribution in [0, 0.1) is 11.8 Å². The molecule has 6 rings (SSSR count). The van der Waals surface area contributed by atoms with E-state index in [1.807, 2.05) is 11.0 Å². The molecule has 0 bridgehead atoms. The van der Waals surface area contributed by atoms with Crippen molar-refractivity contribution < 1.29 is 14.4 Å². The molecule has 10 heteroatoms. The lowest BCUT2D eigenvalue weighted by Crippen LogP contribution is -2.52. The van der Waals surface area contributed by atoms with Crippen LogP contribution in [0.2, 0.25) is 0 Å². The molecule has 2 saturated heterocycles. The Morgan fingerprint density at radius 1 is 1.08 bits per heavy atom. The summed E-state index contributed by atoms with van der Waals surface area (Å²) in [6.07, 6.45) is 10.6. The van der Waals surface area contributed by atoms with Crippen molar-refractivity contribution in [2.24, 2.45) is 11.8 Å². The van der Waals surface area contributed by atoms with E-state index in [1.165, 1.54) is 6.42 Å². The third-order valence-electron chi connectivity index (χ3n) is 8.60. The van der Waals surface area contributed by atoms with Crippen LogP contribution in [0.15, 0.2) is 12.3 Å². The SMILES string of the molecule is O=C1NCC2(CCCCC2)n2c1cc1cnc(NC(=O)[C@@H]3CCCN(C(=O)[C@@H]4CCCNC4)C3)nc12. The highest BCUT2D eigenvalue weighted by Gasteiger charge is 2.41. The van der Waals surface area contributed by atoms with Crippen LogP contribution in [-0.2, 0) is 15.1 Å². The summed E-state index contributed by atoms with van der Waals surface area (Å²) < 4.78 is 2.11. The number of hydrogen-bond acceptors (Lipinski definition) is 6. The van der Waals surface area contributed by atoms with Crippen molar-refractivity contribution in [1.82, 2.24) is 30.1 Å². The number of fused-ring (bicyclic) bond motifs is 4. The van der Waals surface area contributed by atoms with Gasteiger partial charge in [0.05, 0.1) is 17.4 Å². The number of rotatable bonds is 3. The lowest BCUT2D eigenvalue weighted by atomic mass is 9.80. The van der Waals surface area contributed by atoms with Crippen molar-refractivity contribution in [3.63, 3.8) is 0 Å². The van der Waals surface area contributed by atoms with E-state index in [1.54, 1.807) is 6.20 Å². The molecule has 3 amide bonds. The topological polar surface area (TPSA) is 121 Å². The summed E-state index contributed by atoms with van der Waals surface area (Å²) in [5.74, 6) is -0.0935. The molecule has 1 spiro atoms. The third-order valence-corrected chi connectivity index (χ3v) is 8.60. The Morgan fingerprint density at radius 3 is 2.72 bits per heavy atom. The summed E-state index contributed by atoms with van der Waals surface area (Å²) in [6.45, 7) is 3.45. The van der Waals surface area contributed by atoms with Gasteiger partial charge in [0.1, 0.15) is 11.3 Å². The first-order valence-corrected chi connectivity index (χ1v) is 13.5. The summed E-state index contributed by atoms with van der Waals surface area (Å²) >= 11 is 0. The zero-order valence-electron chi connectivity index (χ0n) is 20.7. The predicted molar refractivity (Wildman–Crippen MR) is 134 cm³/mol. The standard InChI is InChI=1S/C26H35N7O3/c34-22(18-7-5-11-32(15-18)24(36)17-6-4-10-27-13-17)31-25-28-14-19-12-20-23(35)29-16-26(8-2-1-3-9-26)33(20)21(19)30-25/h12,14,17-18,27H,1-11,13,15-16H2,(H,29,35)(H,28,30,31,34)/t17-,18-/m1/s1. The van der Waals surface area contributed by atoms with Crippen molar-refractivity contribution >= 4 is 34.7 Å². The average Bonchev–Trinajstić information content (AvgIpc) is 3.32. The number of carbonyl (C=O) groups excluding carboxylic acids is 3. The van der Waals surface area contributed by atoms with Crippen LogP contribution in [0.3, 0.4) is 0 Å². The average molecular weight is 494 g/mol. The van der Waals surface area contributed by atoms with Gasteiger partial charge >= 0.3 is 0 Å². The molecule has 192 valence electrons. The predicted octanol–water partition coefficient (Wildman–Crippen LogP) is 2.01. The van der Waals surface area contributed by atoms with Crippen molar-refractivity contribution in [1.29, 1.82) is 0 Å². The van der Waals surface area contributed by atoms with E-state index in [0.717, 1.165) is 69.8 Å². The summed E-state index contributed by atoms with van der Waals surface area (Å²) in [5, 5.41) is 10.1. The molecular formula is C26H35N7O3. The highest BCUT2D eigenvalue weighted by molar-refractivity contribution is 5.99. The Kier molecular flexibility index (Phi) is 6.15. The summed E-state index contributed by atoms with van der Waals surface area (Å²) in [6, 6.07) is 1.86. The number of aromatic nitrogens is 3. The van der Waals surface area contributed by atoms with Crippen molar-refractivity contribution in [3.05, 3.63) is 18.0 Å². The van der Waals surface area contributed by atoms with Crippen LogP contribution >= 0.6 is 0 Å². The van der Waals surface area contributed by atoms with Gasteiger partial charge < -0.3 is 20.1 Å². The monoisotopic (exact) mass is 493 g/mol. The number of nitrogens with one attached hydrogen (secondary N) is 3. The van der Waals surface area contributed by atoms with Gasteiger partial charge in [0.25, 0.3) is 5.91 Å². The molecule has 3 fully saturated rings. The Morgan fingerprint density at radius 2 is 1.92 bits per heavy atom. The zero-order valence-corrected chi connectivity index (χ0v) is 20.7. The number of carbonyl (C=O) groups is 3. The van der Waals surface area contributed by atoms with E-state index in [2.05, 4.69) is 25.5 Å². The molecular weight excluding hydrogens is 458 g/mol. The molecule has 2 aromatic rings. The lowest BCUT2D eigenvalue weighted by molar-refractivity contribution is -0.139. The van der Waals surface area contributed by atoms with Gasteiger partial charge in [-0.3, -0.25) is 19.7 Å². The molecule has 2 atom stereocenters. The minimum atomic E-state index is -0.282. The Balaban J connectivity index is 1.21. The summed E-state index contributed by atoms with van der Waals surface area (Å²) in [7, 11) is 0. The van der Waals surface area contributed by atoms with E-state index < -0.39 is 0 Å². The maximum atomic E-state index is 13.2. The highest BCUT2D eigenvalue weighted by atomic mass is 16.2. The quantitative estimate of drug-likeness (QED) is 0.602. The first-order chi connectivity index (χ1) is 17.5. The highest BCUT2D eigenvalue weighted by Crippen LogP contribution is 2.40. The number of likely N-dealkylation sites (tertiary alicyclic amines) is 1. The minimum Gasteiger partial charge on any atom is -0.348 e. The second-order valence-corrected chi connectivity index (χ2v) is 11.0. The second-order valence-electron chi connectivity index (χ2n) is 11.0. The molecule has 1 aliphatic carbocycles. The molecule has 36 heavy (non-hydrogen) atoms. The molecule has 0 radical (unpaired) electrons. The fraction of sp³-hybridized carbons (Fsp3) is 0.654. The molecule has 4 aliphatic rings. The van der Waals surface area contributed by atoms with E-state index in [9.17, 15) is 14.4 Å². The second kappa shape index (κ2) is 9.46. The molecule has 3 N–H and O–H groups in total. The van der Waals surface area contributed by atoms with E-state index in [4.69, 9.17) is 4.98 Å². The van der Waals surface area contributed by atoms with Gasteiger partial charge in [0, 0.05) is 37.8 Å². The maximum Gasteiger partial charge on any atom is 0.268 e. The molecule has 1 saturated carbocycles. The van der Waals surface area contributed by atoms with Crippen molar-refractivity contribution in [2.75, 3.05) is 38.0 Å². The van der Waals surface area contributed by atoms with Crippen molar-refractivity contribution in [2.45, 2.75) is 63.3 Å². The van der Waals surface area contributed by atoms with Gasteiger partial charge in [0.2, 0.25) is 17.8 Å². The van der Waals surface area contributed by atoms with Gasteiger partial charge in [-0.15, -0.1) is 0 Å². The minimum absolute atomic E-state index is 0.0103. The maximum absolute atomic E-state index is 13.2. The Bertz CT molecular complexity index is 1180. The third kappa shape index (κ3) is 4.15. The van der Waals surface area contributed by atoms with Gasteiger partial charge in [-0.1, -0.05) is 19.3 Å². The normalized spacial score (nSPS) is 25.9. The van der Waals surface area contributed by atoms with Crippen LogP contribution < -0.4 is 16.0 Å². The fourth-order valence-corrected chi connectivity index (χ4v) is 6.65. The molecule has 0 unspecified atom stereocenters. The Hall–Kier alpha value is -3.01. The lowest BCUT2D eigenvalue weighted by Gasteiger charge is -2.42. The van der Waals surface area contributed by atoms with Gasteiger partial charge in [-0.05, 0) is 51.1 Å². The molecule has 5 heterocycles. The van der Waals surface area contributed by atoms with Crippen LogP contribution in [-0.4, -0.2) is 69.9 Å². The van der Waals surface area contributed by atoms with E-state index in [-0.39, 0.29) is 41.0 Å². The first kappa shape index (κ1) is 23.4. The number of anilines is 1. The summed E-state index contributed by atoms with van der Waals surface area (Å²) in [4.78, 5) is 49.9. The van der Waals surface area contributed by atoms with E-state index >= 15 is 0 Å². The number of piperidine rings is 2. The first-order valence-electron chi connectivity index (χ1n) is 13.5. The molecule has 0 aromatic carbocycles. The molecule has 10 nitrogen and oxygen atoms in total. The number of nitrogens with zero attached hydrogens (tertiary/aromatic N) is 4. The number of amides is 3. The molecule has 2 aromatic heterocycles.